The lowest BCUT2D eigenvalue weighted by molar-refractivity contribution is 0.185. The Balaban J connectivity index is 2.58. The summed E-state index contributed by atoms with van der Waals surface area (Å²) in [5, 5.41) is 18.4. The van der Waals surface area contributed by atoms with Crippen LogP contribution in [0.1, 0.15) is 18.1 Å². The molecule has 0 saturated heterocycles. The van der Waals surface area contributed by atoms with E-state index < -0.39 is 6.10 Å². The number of nitriles is 1. The minimum Gasteiger partial charge on any atom is -0.387 e. The molecule has 2 N–H and O–H groups in total. The first-order valence-corrected chi connectivity index (χ1v) is 4.54. The molecule has 0 saturated carbocycles. The van der Waals surface area contributed by atoms with Crippen molar-refractivity contribution in [3.05, 3.63) is 35.8 Å². The lowest BCUT2D eigenvalue weighted by Gasteiger charge is -2.04. The molecule has 1 atom stereocenters. The molecule has 15 heavy (non-hydrogen) atoms. The van der Waals surface area contributed by atoms with Gasteiger partial charge in [0.1, 0.15) is 5.82 Å². The monoisotopic (exact) mass is 204 g/mol. The number of nitrogens with one attached hydrogen (secondary N) is 1. The summed E-state index contributed by atoms with van der Waals surface area (Å²) in [5.74, 6) is -0.388. The average molecular weight is 204 g/mol. The second-order valence-corrected chi connectivity index (χ2v) is 3.28. The number of aromatic nitrogens is 1. The number of nitrogens with zero attached hydrogens (tertiary/aromatic N) is 1. The van der Waals surface area contributed by atoms with Gasteiger partial charge in [-0.1, -0.05) is 6.07 Å². The number of aromatic amines is 1. The third-order valence-corrected chi connectivity index (χ3v) is 2.33. The van der Waals surface area contributed by atoms with E-state index in [2.05, 4.69) is 4.98 Å². The Morgan fingerprint density at radius 1 is 1.53 bits per heavy atom. The maximum Gasteiger partial charge on any atom is 0.132 e. The smallest absolute Gasteiger partial charge is 0.132 e. The van der Waals surface area contributed by atoms with E-state index in [1.165, 1.54) is 12.3 Å². The summed E-state index contributed by atoms with van der Waals surface area (Å²) < 4.78 is 13.5. The van der Waals surface area contributed by atoms with Gasteiger partial charge in [0.05, 0.1) is 18.6 Å². The van der Waals surface area contributed by atoms with Crippen LogP contribution in [0.15, 0.2) is 24.4 Å². The highest BCUT2D eigenvalue weighted by Crippen LogP contribution is 2.27. The number of H-pyrrole nitrogens is 1. The van der Waals surface area contributed by atoms with Crippen molar-refractivity contribution in [1.82, 2.24) is 4.98 Å². The largest absolute Gasteiger partial charge is 0.387 e. The fourth-order valence-electron chi connectivity index (χ4n) is 1.62. The van der Waals surface area contributed by atoms with E-state index in [9.17, 15) is 9.50 Å². The predicted molar refractivity (Wildman–Crippen MR) is 53.4 cm³/mol. The van der Waals surface area contributed by atoms with Crippen molar-refractivity contribution in [1.29, 1.82) is 5.26 Å². The zero-order valence-corrected chi connectivity index (χ0v) is 7.87. The van der Waals surface area contributed by atoms with E-state index in [0.29, 0.717) is 16.5 Å². The molecule has 2 aromatic rings. The van der Waals surface area contributed by atoms with E-state index in [1.54, 1.807) is 12.1 Å². The molecule has 0 aliphatic rings. The van der Waals surface area contributed by atoms with Gasteiger partial charge < -0.3 is 10.1 Å². The van der Waals surface area contributed by atoms with Crippen LogP contribution >= 0.6 is 0 Å². The van der Waals surface area contributed by atoms with Crippen LogP contribution in [0, 0.1) is 17.1 Å². The van der Waals surface area contributed by atoms with Crippen molar-refractivity contribution in [2.75, 3.05) is 0 Å². The van der Waals surface area contributed by atoms with Crippen LogP contribution in [0.5, 0.6) is 0 Å². The summed E-state index contributed by atoms with van der Waals surface area (Å²) in [6.07, 6.45) is 0.553. The molecule has 1 aromatic heterocycles. The molecule has 1 heterocycles. The van der Waals surface area contributed by atoms with Gasteiger partial charge in [-0.05, 0) is 12.1 Å². The summed E-state index contributed by atoms with van der Waals surface area (Å²) in [4.78, 5) is 2.86. The summed E-state index contributed by atoms with van der Waals surface area (Å²) in [5.41, 5.74) is 1.06. The van der Waals surface area contributed by atoms with Crippen molar-refractivity contribution >= 4 is 10.9 Å². The van der Waals surface area contributed by atoms with Crippen LogP contribution in [0.3, 0.4) is 0 Å². The molecule has 0 fully saturated rings. The fourth-order valence-corrected chi connectivity index (χ4v) is 1.62. The van der Waals surface area contributed by atoms with Gasteiger partial charge in [0.2, 0.25) is 0 Å². The Bertz CT molecular complexity index is 527. The fraction of sp³-hybridized carbons (Fsp3) is 0.182. The summed E-state index contributed by atoms with van der Waals surface area (Å²) in [7, 11) is 0. The summed E-state index contributed by atoms with van der Waals surface area (Å²) in [6, 6.07) is 6.50. The number of rotatable bonds is 2. The summed E-state index contributed by atoms with van der Waals surface area (Å²) >= 11 is 0. The molecule has 0 aliphatic heterocycles. The predicted octanol–water partition coefficient (Wildman–Crippen LogP) is 2.25. The molecule has 4 heteroatoms. The van der Waals surface area contributed by atoms with Crippen LogP contribution in [0.25, 0.3) is 10.9 Å². The van der Waals surface area contributed by atoms with Gasteiger partial charge in [0, 0.05) is 22.7 Å². The first kappa shape index (κ1) is 9.69. The Morgan fingerprint density at radius 3 is 3.07 bits per heavy atom. The van der Waals surface area contributed by atoms with E-state index >= 15 is 0 Å². The van der Waals surface area contributed by atoms with Crippen molar-refractivity contribution in [3.8, 4) is 6.07 Å². The van der Waals surface area contributed by atoms with E-state index in [-0.39, 0.29) is 12.2 Å². The first-order chi connectivity index (χ1) is 7.24. The Hall–Kier alpha value is -1.86. The van der Waals surface area contributed by atoms with Gasteiger partial charge in [-0.15, -0.1) is 0 Å². The molecule has 0 radical (unpaired) electrons. The number of aliphatic hydroxyl groups is 1. The number of hydrogen-bond donors (Lipinski definition) is 2. The molecule has 2 rings (SSSR count). The van der Waals surface area contributed by atoms with Crippen LogP contribution < -0.4 is 0 Å². The quantitative estimate of drug-likeness (QED) is 0.788. The number of halogens is 1. The van der Waals surface area contributed by atoms with E-state index in [0.717, 1.165) is 0 Å². The standard InChI is InChI=1S/C11H9FN2O/c12-8-2-1-3-9-11(8)7(6-14-9)10(15)4-5-13/h1-3,6,10,14-15H,4H2. The van der Waals surface area contributed by atoms with Crippen molar-refractivity contribution in [2.24, 2.45) is 0 Å². The molecular formula is C11H9FN2O. The molecular weight excluding hydrogens is 195 g/mol. The van der Waals surface area contributed by atoms with Gasteiger partial charge in [-0.3, -0.25) is 0 Å². The zero-order chi connectivity index (χ0) is 10.8. The van der Waals surface area contributed by atoms with Gasteiger partial charge >= 0.3 is 0 Å². The third kappa shape index (κ3) is 1.58. The van der Waals surface area contributed by atoms with Crippen LogP contribution in [-0.2, 0) is 0 Å². The molecule has 1 aromatic carbocycles. The minimum atomic E-state index is -0.944. The molecule has 0 aliphatic carbocycles. The van der Waals surface area contributed by atoms with Crippen LogP contribution in [0.2, 0.25) is 0 Å². The highest BCUT2D eigenvalue weighted by atomic mass is 19.1. The lowest BCUT2D eigenvalue weighted by Crippen LogP contribution is -1.95. The number of hydrogen-bond acceptors (Lipinski definition) is 2. The minimum absolute atomic E-state index is 0.0404. The highest BCUT2D eigenvalue weighted by molar-refractivity contribution is 5.84. The maximum atomic E-state index is 13.5. The topological polar surface area (TPSA) is 59.8 Å². The zero-order valence-electron chi connectivity index (χ0n) is 7.87. The third-order valence-electron chi connectivity index (χ3n) is 2.33. The normalized spacial score (nSPS) is 12.6. The number of benzene rings is 1. The van der Waals surface area contributed by atoms with Gasteiger partial charge in [-0.25, -0.2) is 4.39 Å². The van der Waals surface area contributed by atoms with E-state index in [4.69, 9.17) is 5.26 Å². The summed E-state index contributed by atoms with van der Waals surface area (Å²) in [6.45, 7) is 0. The molecule has 76 valence electrons. The van der Waals surface area contributed by atoms with Gasteiger partial charge in [0.15, 0.2) is 0 Å². The molecule has 0 amide bonds. The van der Waals surface area contributed by atoms with Crippen molar-refractivity contribution in [3.63, 3.8) is 0 Å². The maximum absolute atomic E-state index is 13.5. The van der Waals surface area contributed by atoms with Gasteiger partial charge in [0.25, 0.3) is 0 Å². The molecule has 0 bridgehead atoms. The molecule has 0 spiro atoms. The van der Waals surface area contributed by atoms with Crippen LogP contribution in [0.4, 0.5) is 4.39 Å². The second-order valence-electron chi connectivity index (χ2n) is 3.28. The average Bonchev–Trinajstić information content (AvgIpc) is 2.63. The Labute approximate surface area is 85.8 Å². The van der Waals surface area contributed by atoms with Crippen molar-refractivity contribution < 1.29 is 9.50 Å². The highest BCUT2D eigenvalue weighted by Gasteiger charge is 2.15. The Kier molecular flexibility index (Phi) is 2.40. The van der Waals surface area contributed by atoms with Crippen LogP contribution in [-0.4, -0.2) is 10.1 Å². The number of aliphatic hydroxyl groups excluding tert-OH is 1. The van der Waals surface area contributed by atoms with Crippen molar-refractivity contribution in [2.45, 2.75) is 12.5 Å². The lowest BCUT2D eigenvalue weighted by atomic mass is 10.1. The van der Waals surface area contributed by atoms with E-state index in [1.807, 2.05) is 6.07 Å². The molecule has 3 nitrogen and oxygen atoms in total. The molecule has 1 unspecified atom stereocenters. The second kappa shape index (κ2) is 3.71. The first-order valence-electron chi connectivity index (χ1n) is 4.54. The van der Waals surface area contributed by atoms with Gasteiger partial charge in [-0.2, -0.15) is 5.26 Å². The number of fused-ring (bicyclic) bond motifs is 1. The Morgan fingerprint density at radius 2 is 2.33 bits per heavy atom. The SMILES string of the molecule is N#CCC(O)c1c[nH]c2cccc(F)c12.